The number of methoxy groups -OCH3 is 2. The van der Waals surface area contributed by atoms with Crippen LogP contribution in [0.15, 0.2) is 231 Å². The van der Waals surface area contributed by atoms with Crippen LogP contribution >= 0.6 is 0 Å². The molecule has 10 rings (SSSR count). The van der Waals surface area contributed by atoms with Crippen molar-refractivity contribution < 1.29 is 43.0 Å². The molecule has 0 spiro atoms. The molecule has 0 atom stereocenters. The second-order valence-electron chi connectivity index (χ2n) is 22.1. The first-order valence-corrected chi connectivity index (χ1v) is 30.7. The second-order valence-corrected chi connectivity index (χ2v) is 22.1. The van der Waals surface area contributed by atoms with E-state index in [-0.39, 0.29) is 35.4 Å². The van der Waals surface area contributed by atoms with Gasteiger partial charge in [0.25, 0.3) is 0 Å². The Kier molecular flexibility index (Phi) is 29.9. The summed E-state index contributed by atoms with van der Waals surface area (Å²) >= 11 is 0. The molecule has 0 aliphatic heterocycles. The van der Waals surface area contributed by atoms with E-state index in [1.54, 1.807) is 20.3 Å². The van der Waals surface area contributed by atoms with Crippen LogP contribution in [-0.2, 0) is 28.8 Å². The number of carbonyl (C=O) groups is 6. The van der Waals surface area contributed by atoms with Gasteiger partial charge in [-0.25, -0.2) is 0 Å². The van der Waals surface area contributed by atoms with E-state index in [4.69, 9.17) is 14.2 Å². The zero-order chi connectivity index (χ0) is 69.4. The molecule has 0 saturated heterocycles. The first kappa shape index (κ1) is 74.2. The van der Waals surface area contributed by atoms with Gasteiger partial charge in [-0.05, 0) is 142 Å². The van der Waals surface area contributed by atoms with Crippen molar-refractivity contribution in [1.82, 2.24) is 0 Å². The largest absolute Gasteiger partial charge is 0.494 e. The lowest BCUT2D eigenvalue weighted by Crippen LogP contribution is -2.08. The van der Waals surface area contributed by atoms with Crippen LogP contribution in [0.2, 0.25) is 0 Å². The van der Waals surface area contributed by atoms with Crippen LogP contribution in [0.1, 0.15) is 74.9 Å². The van der Waals surface area contributed by atoms with Crippen LogP contribution in [0.4, 0.5) is 34.1 Å². The van der Waals surface area contributed by atoms with E-state index in [0.29, 0.717) is 28.6 Å². The van der Waals surface area contributed by atoms with Gasteiger partial charge in [0.05, 0.1) is 19.9 Å². The fourth-order valence-corrected chi connectivity index (χ4v) is 9.64. The summed E-state index contributed by atoms with van der Waals surface area (Å²) in [4.78, 5) is 66.4. The highest BCUT2D eigenvalue weighted by molar-refractivity contribution is 5.97. The molecular weight excluding hydrogens is 1190 g/mol. The highest BCUT2D eigenvalue weighted by Crippen LogP contribution is 2.36. The Hall–Kier alpha value is -11.6. The molecule has 0 radical (unpaired) electrons. The minimum absolute atomic E-state index is 0.0185. The fraction of sp³-hybridized carbons (Fsp3) is 0.175. The maximum absolute atomic E-state index is 11.2. The molecule has 490 valence electrons. The quantitative estimate of drug-likeness (QED) is 0.0649. The van der Waals surface area contributed by atoms with Crippen LogP contribution in [0, 0.1) is 41.5 Å². The Morgan fingerprint density at radius 2 is 0.589 bits per heavy atom. The molecule has 15 nitrogen and oxygen atoms in total. The minimum Gasteiger partial charge on any atom is -0.494 e. The molecule has 0 aromatic heterocycles. The number of hydrogen-bond donors (Lipinski definition) is 6. The van der Waals surface area contributed by atoms with Crippen molar-refractivity contribution in [3.8, 4) is 56.4 Å². The lowest BCUT2D eigenvalue weighted by atomic mass is 10.0. The molecule has 0 aliphatic rings. The number of rotatable bonds is 13. The Bertz CT molecular complexity index is 4010. The maximum Gasteiger partial charge on any atom is 0.221 e. The monoisotopic (exact) mass is 1270 g/mol. The van der Waals surface area contributed by atoms with Gasteiger partial charge in [0.2, 0.25) is 35.4 Å². The van der Waals surface area contributed by atoms with Gasteiger partial charge in [-0.1, -0.05) is 180 Å². The summed E-state index contributed by atoms with van der Waals surface area (Å²) in [5, 5.41) is 16.8. The molecule has 10 aromatic rings. The third kappa shape index (κ3) is 25.6. The zero-order valence-corrected chi connectivity index (χ0v) is 56.6. The summed E-state index contributed by atoms with van der Waals surface area (Å²) < 4.78 is 16.0. The van der Waals surface area contributed by atoms with Crippen molar-refractivity contribution in [2.45, 2.75) is 83.1 Å². The topological polar surface area (TPSA) is 202 Å². The van der Waals surface area contributed by atoms with E-state index >= 15 is 0 Å². The molecule has 0 heterocycles. The SMILES string of the molecule is CC(=O)Nc1c(C)cc(C)cc1C.CC(=O)Nc1ccc(C)cc1-c1ccccc1.CC(=O)Nc1ccc(C)cc1-c1ccccc1.CC(=O)Nc1ccccc1-c1ccccc1.CC(=O)Nc1ccccc1Oc1ccccc1.COc1cc(C)cc(OC)c1NC(C)=O. The van der Waals surface area contributed by atoms with Crippen LogP contribution in [0.25, 0.3) is 33.4 Å². The Morgan fingerprint density at radius 3 is 0.989 bits per heavy atom. The summed E-state index contributed by atoms with van der Waals surface area (Å²) in [6.45, 7) is 21.1. The lowest BCUT2D eigenvalue weighted by molar-refractivity contribution is -0.115. The van der Waals surface area contributed by atoms with Crippen molar-refractivity contribution in [2.75, 3.05) is 46.1 Å². The molecule has 0 saturated carbocycles. The summed E-state index contributed by atoms with van der Waals surface area (Å²) in [7, 11) is 3.11. The van der Waals surface area contributed by atoms with Crippen molar-refractivity contribution in [3.63, 3.8) is 0 Å². The van der Waals surface area contributed by atoms with Crippen molar-refractivity contribution >= 4 is 69.6 Å². The smallest absolute Gasteiger partial charge is 0.221 e. The first-order chi connectivity index (χ1) is 45.4. The van der Waals surface area contributed by atoms with Crippen molar-refractivity contribution in [3.05, 3.63) is 264 Å². The van der Waals surface area contributed by atoms with Gasteiger partial charge in [-0.15, -0.1) is 0 Å². The Morgan fingerprint density at radius 1 is 0.274 bits per heavy atom. The maximum atomic E-state index is 11.2. The van der Waals surface area contributed by atoms with Crippen LogP contribution < -0.4 is 46.1 Å². The molecular formula is C80H86N6O9. The predicted octanol–water partition coefficient (Wildman–Crippen LogP) is 18.5. The standard InChI is InChI=1S/2C15H15NO.C14H13NO2.C14H13NO.C11H15NO3.C11H15NO/c2*1-11-8-9-15(16-12(2)17)14(10-11)13-6-4-3-5-7-13;1-11(16)15-13-9-5-6-10-14(13)17-12-7-3-2-4-8-12;1-11(16)15-14-10-6-5-9-13(14)12-7-3-2-4-8-12;1-7-5-9(14-3)11(12-8(2)13)10(6-7)15-4;1-7-5-8(2)11(9(3)6-7)12-10(4)13/h2*3-10H,1-2H3,(H,16,17);2-10H,1H3,(H,15,16);2-10H,1H3,(H,15,16);5-6H,1-4H3,(H,12,13);5-6H,1-4H3,(H,12,13). The van der Waals surface area contributed by atoms with Crippen LogP contribution in [-0.4, -0.2) is 49.7 Å². The molecule has 0 fully saturated rings. The molecule has 6 N–H and O–H groups in total. The summed E-state index contributed by atoms with van der Waals surface area (Å²) in [6, 6.07) is 74.6. The van der Waals surface area contributed by atoms with Crippen LogP contribution in [0.5, 0.6) is 23.0 Å². The Labute approximate surface area is 559 Å². The number of aryl methyl sites for hydroxylation is 6. The van der Waals surface area contributed by atoms with Gasteiger partial charge in [0.15, 0.2) is 5.75 Å². The van der Waals surface area contributed by atoms with E-state index in [9.17, 15) is 28.8 Å². The van der Waals surface area contributed by atoms with Gasteiger partial charge < -0.3 is 46.1 Å². The van der Waals surface area contributed by atoms with E-state index < -0.39 is 0 Å². The number of benzene rings is 10. The highest BCUT2D eigenvalue weighted by Gasteiger charge is 2.14. The lowest BCUT2D eigenvalue weighted by Gasteiger charge is -2.14. The number of amides is 6. The van der Waals surface area contributed by atoms with E-state index in [1.165, 1.54) is 58.2 Å². The fourth-order valence-electron chi connectivity index (χ4n) is 9.64. The number of para-hydroxylation sites is 4. The molecule has 10 aromatic carbocycles. The van der Waals surface area contributed by atoms with Gasteiger partial charge in [-0.3, -0.25) is 28.8 Å². The van der Waals surface area contributed by atoms with Gasteiger partial charge in [-0.2, -0.15) is 0 Å². The molecule has 6 amide bonds. The van der Waals surface area contributed by atoms with Crippen LogP contribution in [0.3, 0.4) is 0 Å². The van der Waals surface area contributed by atoms with E-state index in [0.717, 1.165) is 78.6 Å². The van der Waals surface area contributed by atoms with Crippen molar-refractivity contribution in [2.24, 2.45) is 0 Å². The van der Waals surface area contributed by atoms with Gasteiger partial charge >= 0.3 is 0 Å². The number of hydrogen-bond acceptors (Lipinski definition) is 9. The number of ether oxygens (including phenoxy) is 3. The molecule has 15 heteroatoms. The predicted molar refractivity (Wildman–Crippen MR) is 389 cm³/mol. The average Bonchev–Trinajstić information content (AvgIpc) is 0.967. The normalized spacial score (nSPS) is 9.83. The third-order valence-corrected chi connectivity index (χ3v) is 13.6. The minimum atomic E-state index is -0.157. The molecule has 95 heavy (non-hydrogen) atoms. The summed E-state index contributed by atoms with van der Waals surface area (Å²) in [5.41, 5.74) is 18.1. The van der Waals surface area contributed by atoms with E-state index in [1.807, 2.05) is 235 Å². The molecule has 0 aliphatic carbocycles. The third-order valence-electron chi connectivity index (χ3n) is 13.6. The number of carbonyl (C=O) groups excluding carboxylic acids is 6. The Balaban J connectivity index is 0.000000207. The zero-order valence-electron chi connectivity index (χ0n) is 56.6. The molecule has 0 unspecified atom stereocenters. The number of nitrogens with one attached hydrogen (secondary N) is 6. The van der Waals surface area contributed by atoms with Crippen molar-refractivity contribution in [1.29, 1.82) is 0 Å². The molecule has 0 bridgehead atoms. The van der Waals surface area contributed by atoms with Gasteiger partial charge in [0, 0.05) is 81.0 Å². The second kappa shape index (κ2) is 38.3. The summed E-state index contributed by atoms with van der Waals surface area (Å²) in [6.07, 6.45) is 0. The number of anilines is 6. The highest BCUT2D eigenvalue weighted by atomic mass is 16.5. The van der Waals surface area contributed by atoms with Gasteiger partial charge in [0.1, 0.15) is 22.9 Å². The first-order valence-electron chi connectivity index (χ1n) is 30.7. The average molecular weight is 1280 g/mol. The van der Waals surface area contributed by atoms with E-state index in [2.05, 4.69) is 63.1 Å². The summed E-state index contributed by atoms with van der Waals surface area (Å²) in [5.74, 6) is 2.13.